The Morgan fingerprint density at radius 2 is 1.83 bits per heavy atom. The second-order valence-corrected chi connectivity index (χ2v) is 4.26. The molecule has 5 heteroatoms. The van der Waals surface area contributed by atoms with Crippen LogP contribution in [0.1, 0.15) is 5.56 Å². The predicted octanol–water partition coefficient (Wildman–Crippen LogP) is 1.59. The molecule has 1 rings (SSSR count). The lowest BCUT2D eigenvalue weighted by Gasteiger charge is -1.88. The Labute approximate surface area is 75.3 Å². The minimum absolute atomic E-state index is 0.696. The number of nitrogens with zero attached hydrogens (tertiary/aromatic N) is 1. The van der Waals surface area contributed by atoms with Crippen LogP contribution in [0.15, 0.2) is 34.7 Å². The van der Waals surface area contributed by atoms with Crippen LogP contribution in [0.2, 0.25) is 0 Å². The third-order valence-electron chi connectivity index (χ3n) is 1.13. The van der Waals surface area contributed by atoms with Gasteiger partial charge in [-0.3, -0.25) is 0 Å². The molecule has 1 aromatic rings. The third-order valence-corrected chi connectivity index (χ3v) is 1.72. The van der Waals surface area contributed by atoms with Crippen LogP contribution in [-0.2, 0) is 9.24 Å². The average Bonchev–Trinajstić information content (AvgIpc) is 2.02. The molecule has 0 heterocycles. The molecule has 0 fully saturated rings. The molecule has 0 aliphatic carbocycles. The van der Waals surface area contributed by atoms with Gasteiger partial charge in [0.15, 0.2) is 0 Å². The summed E-state index contributed by atoms with van der Waals surface area (Å²) in [6.45, 7) is 0. The zero-order chi connectivity index (χ0) is 9.03. The van der Waals surface area contributed by atoms with Gasteiger partial charge in [-0.1, -0.05) is 30.3 Å². The fraction of sp³-hybridized carbons (Fsp3) is 0. The molecular weight excluding hydrogens is 198 g/mol. The first-order chi connectivity index (χ1) is 5.58. The van der Waals surface area contributed by atoms with E-state index in [1.54, 1.807) is 24.3 Å². The van der Waals surface area contributed by atoms with Crippen LogP contribution in [0, 0.1) is 0 Å². The van der Waals surface area contributed by atoms with Crippen molar-refractivity contribution >= 4 is 26.1 Å². The van der Waals surface area contributed by atoms with Gasteiger partial charge in [-0.15, -0.1) is 0 Å². The Hall–Kier alpha value is -0.870. The molecule has 0 aromatic heterocycles. The molecule has 0 N–H and O–H groups in total. The highest BCUT2D eigenvalue weighted by Gasteiger charge is 1.96. The van der Waals surface area contributed by atoms with E-state index in [-0.39, 0.29) is 0 Å². The van der Waals surface area contributed by atoms with Crippen molar-refractivity contribution in [1.82, 2.24) is 0 Å². The van der Waals surface area contributed by atoms with Gasteiger partial charge in [-0.25, -0.2) is 0 Å². The van der Waals surface area contributed by atoms with Crippen LogP contribution in [0.4, 0.5) is 0 Å². The van der Waals surface area contributed by atoms with Crippen molar-refractivity contribution < 1.29 is 8.42 Å². The summed E-state index contributed by atoms with van der Waals surface area (Å²) >= 11 is 0. The van der Waals surface area contributed by atoms with E-state index in [9.17, 15) is 8.42 Å². The Bertz CT molecular complexity index is 372. The third kappa shape index (κ3) is 3.50. The number of halogens is 1. The summed E-state index contributed by atoms with van der Waals surface area (Å²) in [6.07, 6.45) is 1.20. The number of rotatable bonds is 2. The summed E-state index contributed by atoms with van der Waals surface area (Å²) in [5.74, 6) is 0. The van der Waals surface area contributed by atoms with E-state index in [1.165, 1.54) is 6.21 Å². The first-order valence-corrected chi connectivity index (χ1v) is 5.39. The van der Waals surface area contributed by atoms with Gasteiger partial charge in [0.1, 0.15) is 0 Å². The molecule has 0 unspecified atom stereocenters. The van der Waals surface area contributed by atoms with E-state index in [0.29, 0.717) is 5.56 Å². The first-order valence-electron chi connectivity index (χ1n) is 3.13. The highest BCUT2D eigenvalue weighted by molar-refractivity contribution is 8.12. The molecule has 0 bridgehead atoms. The van der Waals surface area contributed by atoms with Gasteiger partial charge in [-0.05, 0) is 5.56 Å². The minimum Gasteiger partial charge on any atom is -0.187 e. The van der Waals surface area contributed by atoms with E-state index in [0.717, 1.165) is 0 Å². The van der Waals surface area contributed by atoms with Crippen LogP contribution < -0.4 is 0 Å². The predicted molar refractivity (Wildman–Crippen MR) is 48.8 cm³/mol. The fourth-order valence-electron chi connectivity index (χ4n) is 0.663. The minimum atomic E-state index is -3.78. The van der Waals surface area contributed by atoms with Gasteiger partial charge in [-0.2, -0.15) is 12.8 Å². The lowest BCUT2D eigenvalue weighted by Crippen LogP contribution is -1.85. The molecule has 0 aliphatic heterocycles. The van der Waals surface area contributed by atoms with Crippen molar-refractivity contribution in [2.45, 2.75) is 0 Å². The molecule has 0 saturated heterocycles. The zero-order valence-electron chi connectivity index (χ0n) is 6.01. The number of hydrogen-bond donors (Lipinski definition) is 0. The number of hydrogen-bond acceptors (Lipinski definition) is 2. The Balaban J connectivity index is 2.85. The molecule has 0 spiro atoms. The van der Waals surface area contributed by atoms with Gasteiger partial charge >= 0.3 is 9.24 Å². The van der Waals surface area contributed by atoms with Crippen molar-refractivity contribution in [2.75, 3.05) is 0 Å². The zero-order valence-corrected chi connectivity index (χ0v) is 7.59. The van der Waals surface area contributed by atoms with Crippen LogP contribution in [-0.4, -0.2) is 14.6 Å². The molecule has 12 heavy (non-hydrogen) atoms. The fourth-order valence-corrected chi connectivity index (χ4v) is 1.03. The summed E-state index contributed by atoms with van der Waals surface area (Å²) in [4.78, 5) is 0. The molecule has 3 nitrogen and oxygen atoms in total. The second kappa shape index (κ2) is 3.69. The highest BCUT2D eigenvalue weighted by Crippen LogP contribution is 1.99. The summed E-state index contributed by atoms with van der Waals surface area (Å²) in [5, 5.41) is 0. The average molecular weight is 204 g/mol. The molecule has 64 valence electrons. The van der Waals surface area contributed by atoms with Crippen molar-refractivity contribution in [3.8, 4) is 0 Å². The maximum atomic E-state index is 10.4. The summed E-state index contributed by atoms with van der Waals surface area (Å²) < 4.78 is 23.9. The van der Waals surface area contributed by atoms with Crippen LogP contribution in [0.5, 0.6) is 0 Å². The molecular formula is C7H6ClNO2S. The van der Waals surface area contributed by atoms with Gasteiger partial charge < -0.3 is 0 Å². The van der Waals surface area contributed by atoms with Gasteiger partial charge in [0.25, 0.3) is 0 Å². The molecule has 0 amide bonds. The van der Waals surface area contributed by atoms with Crippen LogP contribution in [0.25, 0.3) is 0 Å². The number of benzene rings is 1. The van der Waals surface area contributed by atoms with Gasteiger partial charge in [0.05, 0.1) is 0 Å². The normalized spacial score (nSPS) is 12.1. The Morgan fingerprint density at radius 1 is 1.25 bits per heavy atom. The van der Waals surface area contributed by atoms with Crippen molar-refractivity contribution in [3.63, 3.8) is 0 Å². The molecule has 0 saturated carbocycles. The first kappa shape index (κ1) is 9.22. The van der Waals surface area contributed by atoms with E-state index >= 15 is 0 Å². The van der Waals surface area contributed by atoms with E-state index in [2.05, 4.69) is 4.40 Å². The summed E-state index contributed by atoms with van der Waals surface area (Å²) in [7, 11) is 1.08. The van der Waals surface area contributed by atoms with E-state index in [4.69, 9.17) is 10.7 Å². The molecule has 0 aliphatic rings. The Morgan fingerprint density at radius 3 is 2.33 bits per heavy atom. The SMILES string of the molecule is O=S(=O)(Cl)N=Cc1ccccc1. The smallest absolute Gasteiger partial charge is 0.187 e. The molecule has 1 aromatic carbocycles. The topological polar surface area (TPSA) is 46.5 Å². The summed E-state index contributed by atoms with van der Waals surface area (Å²) in [6, 6.07) is 8.84. The van der Waals surface area contributed by atoms with Gasteiger partial charge in [0, 0.05) is 16.9 Å². The van der Waals surface area contributed by atoms with Gasteiger partial charge in [0.2, 0.25) is 0 Å². The molecule has 0 atom stereocenters. The Kier molecular flexibility index (Phi) is 2.83. The largest absolute Gasteiger partial charge is 0.339 e. The monoisotopic (exact) mass is 203 g/mol. The van der Waals surface area contributed by atoms with E-state index in [1.807, 2.05) is 6.07 Å². The maximum Gasteiger partial charge on any atom is 0.339 e. The maximum absolute atomic E-state index is 10.4. The van der Waals surface area contributed by atoms with Crippen LogP contribution >= 0.6 is 10.7 Å². The van der Waals surface area contributed by atoms with Crippen molar-refractivity contribution in [1.29, 1.82) is 0 Å². The van der Waals surface area contributed by atoms with E-state index < -0.39 is 9.24 Å². The van der Waals surface area contributed by atoms with Crippen molar-refractivity contribution in [3.05, 3.63) is 35.9 Å². The summed E-state index contributed by atoms with van der Waals surface area (Å²) in [5.41, 5.74) is 0.696. The second-order valence-electron chi connectivity index (χ2n) is 2.06. The quantitative estimate of drug-likeness (QED) is 0.541. The lowest BCUT2D eigenvalue weighted by atomic mass is 10.2. The lowest BCUT2D eigenvalue weighted by molar-refractivity contribution is 0.611. The molecule has 0 radical (unpaired) electrons. The standard InChI is InChI=1S/C7H6ClNO2S/c8-12(10,11)9-6-7-4-2-1-3-5-7/h1-6H. The van der Waals surface area contributed by atoms with Crippen molar-refractivity contribution in [2.24, 2.45) is 4.40 Å². The van der Waals surface area contributed by atoms with Crippen LogP contribution in [0.3, 0.4) is 0 Å². The highest BCUT2D eigenvalue weighted by atomic mass is 35.7.